The van der Waals surface area contributed by atoms with Gasteiger partial charge in [0.25, 0.3) is 5.91 Å². The predicted octanol–water partition coefficient (Wildman–Crippen LogP) is 2.43. The molecule has 1 aromatic rings. The molecular formula is C15H20N2O4. The van der Waals surface area contributed by atoms with E-state index in [1.54, 1.807) is 27.9 Å². The number of ether oxygens (including phenoxy) is 2. The van der Waals surface area contributed by atoms with Gasteiger partial charge in [-0.25, -0.2) is 14.7 Å². The SMILES string of the molecule is COCc1cc(C)c2c(n1)C(=O)N(C(=O)OC(C)(C)C)C2. The molecule has 0 saturated carbocycles. The van der Waals surface area contributed by atoms with Crippen LogP contribution < -0.4 is 0 Å². The fourth-order valence-electron chi connectivity index (χ4n) is 2.19. The largest absolute Gasteiger partial charge is 0.443 e. The van der Waals surface area contributed by atoms with Crippen molar-refractivity contribution in [3.8, 4) is 0 Å². The summed E-state index contributed by atoms with van der Waals surface area (Å²) >= 11 is 0. The normalized spacial score (nSPS) is 14.3. The zero-order valence-corrected chi connectivity index (χ0v) is 13.0. The Labute approximate surface area is 124 Å². The minimum absolute atomic E-state index is 0.204. The number of nitrogens with zero attached hydrogens (tertiary/aromatic N) is 2. The number of rotatable bonds is 2. The van der Waals surface area contributed by atoms with Crippen molar-refractivity contribution in [1.29, 1.82) is 0 Å². The van der Waals surface area contributed by atoms with Gasteiger partial charge in [0.15, 0.2) is 0 Å². The molecule has 0 bridgehead atoms. The van der Waals surface area contributed by atoms with Gasteiger partial charge < -0.3 is 9.47 Å². The van der Waals surface area contributed by atoms with Gasteiger partial charge in [0.2, 0.25) is 0 Å². The van der Waals surface area contributed by atoms with Crippen LogP contribution in [0, 0.1) is 6.92 Å². The molecule has 0 atom stereocenters. The minimum atomic E-state index is -0.643. The number of aryl methyl sites for hydroxylation is 1. The minimum Gasteiger partial charge on any atom is -0.443 e. The van der Waals surface area contributed by atoms with Crippen LogP contribution in [0.1, 0.15) is 48.1 Å². The molecular weight excluding hydrogens is 272 g/mol. The number of fused-ring (bicyclic) bond motifs is 1. The van der Waals surface area contributed by atoms with E-state index in [9.17, 15) is 9.59 Å². The third-order valence-electron chi connectivity index (χ3n) is 3.07. The lowest BCUT2D eigenvalue weighted by atomic mass is 10.1. The lowest BCUT2D eigenvalue weighted by Crippen LogP contribution is -2.37. The fourth-order valence-corrected chi connectivity index (χ4v) is 2.19. The van der Waals surface area contributed by atoms with Crippen LogP contribution in [0.15, 0.2) is 6.07 Å². The summed E-state index contributed by atoms with van der Waals surface area (Å²) in [5, 5.41) is 0. The number of methoxy groups -OCH3 is 1. The second-order valence-electron chi connectivity index (χ2n) is 6.06. The number of hydrogen-bond donors (Lipinski definition) is 0. The van der Waals surface area contributed by atoms with Gasteiger partial charge in [-0.15, -0.1) is 0 Å². The molecule has 0 N–H and O–H groups in total. The number of imide groups is 1. The standard InChI is InChI=1S/C15H20N2O4/c1-9-6-10(8-20-5)16-12-11(9)7-17(13(12)18)14(19)21-15(2,3)4/h6H,7-8H2,1-5H3. The molecule has 0 fully saturated rings. The highest BCUT2D eigenvalue weighted by Crippen LogP contribution is 2.26. The molecule has 0 saturated heterocycles. The molecule has 21 heavy (non-hydrogen) atoms. The molecule has 0 radical (unpaired) electrons. The number of amides is 2. The maximum atomic E-state index is 12.4. The van der Waals surface area contributed by atoms with E-state index in [2.05, 4.69) is 4.98 Å². The number of hydrogen-bond acceptors (Lipinski definition) is 5. The van der Waals surface area contributed by atoms with Crippen molar-refractivity contribution in [1.82, 2.24) is 9.88 Å². The Kier molecular flexibility index (Phi) is 4.00. The first-order valence-corrected chi connectivity index (χ1v) is 6.76. The van der Waals surface area contributed by atoms with E-state index >= 15 is 0 Å². The van der Waals surface area contributed by atoms with Crippen LogP contribution in [-0.4, -0.2) is 34.6 Å². The van der Waals surface area contributed by atoms with Crippen LogP contribution in [-0.2, 0) is 22.6 Å². The highest BCUT2D eigenvalue weighted by Gasteiger charge is 2.37. The Hall–Kier alpha value is -1.95. The summed E-state index contributed by atoms with van der Waals surface area (Å²) in [6, 6.07) is 1.87. The summed E-state index contributed by atoms with van der Waals surface area (Å²) in [6.45, 7) is 7.71. The maximum Gasteiger partial charge on any atom is 0.417 e. The second kappa shape index (κ2) is 5.44. The smallest absolute Gasteiger partial charge is 0.417 e. The van der Waals surface area contributed by atoms with E-state index in [-0.39, 0.29) is 6.54 Å². The van der Waals surface area contributed by atoms with Gasteiger partial charge in [0, 0.05) is 12.7 Å². The molecule has 2 amide bonds. The summed E-state index contributed by atoms with van der Waals surface area (Å²) in [4.78, 5) is 29.8. The van der Waals surface area contributed by atoms with Crippen molar-refractivity contribution in [2.24, 2.45) is 0 Å². The Balaban J connectivity index is 2.28. The summed E-state index contributed by atoms with van der Waals surface area (Å²) < 4.78 is 10.3. The molecule has 0 spiro atoms. The molecule has 0 aromatic carbocycles. The topological polar surface area (TPSA) is 68.7 Å². The van der Waals surface area contributed by atoms with Crippen molar-refractivity contribution >= 4 is 12.0 Å². The number of carbonyl (C=O) groups is 2. The van der Waals surface area contributed by atoms with E-state index in [0.29, 0.717) is 18.0 Å². The Bertz CT molecular complexity index is 590. The molecule has 1 aromatic heterocycles. The second-order valence-corrected chi connectivity index (χ2v) is 6.06. The van der Waals surface area contributed by atoms with Crippen molar-refractivity contribution in [3.63, 3.8) is 0 Å². The van der Waals surface area contributed by atoms with Gasteiger partial charge in [-0.3, -0.25) is 4.79 Å². The molecule has 0 aliphatic carbocycles. The predicted molar refractivity (Wildman–Crippen MR) is 75.8 cm³/mol. The van der Waals surface area contributed by atoms with Crippen molar-refractivity contribution in [2.45, 2.75) is 46.4 Å². The van der Waals surface area contributed by atoms with Crippen molar-refractivity contribution < 1.29 is 19.1 Å². The number of pyridine rings is 1. The van der Waals surface area contributed by atoms with Gasteiger partial charge in [-0.05, 0) is 39.3 Å². The lowest BCUT2D eigenvalue weighted by molar-refractivity contribution is 0.0247. The van der Waals surface area contributed by atoms with Crippen LogP contribution in [0.2, 0.25) is 0 Å². The van der Waals surface area contributed by atoms with E-state index in [4.69, 9.17) is 9.47 Å². The number of carbonyl (C=O) groups excluding carboxylic acids is 2. The molecule has 2 heterocycles. The Morgan fingerprint density at radius 1 is 1.43 bits per heavy atom. The first-order valence-electron chi connectivity index (χ1n) is 6.76. The average molecular weight is 292 g/mol. The van der Waals surface area contributed by atoms with Gasteiger partial charge >= 0.3 is 6.09 Å². The van der Waals surface area contributed by atoms with E-state index in [0.717, 1.165) is 16.0 Å². The van der Waals surface area contributed by atoms with E-state index in [1.807, 2.05) is 13.0 Å². The van der Waals surface area contributed by atoms with Gasteiger partial charge in [-0.1, -0.05) is 0 Å². The third kappa shape index (κ3) is 3.21. The van der Waals surface area contributed by atoms with Gasteiger partial charge in [0.1, 0.15) is 11.3 Å². The quantitative estimate of drug-likeness (QED) is 0.837. The highest BCUT2D eigenvalue weighted by atomic mass is 16.6. The van der Waals surface area contributed by atoms with Crippen molar-refractivity contribution in [3.05, 3.63) is 28.6 Å². The van der Waals surface area contributed by atoms with Crippen LogP contribution in [0.3, 0.4) is 0 Å². The highest BCUT2D eigenvalue weighted by molar-refractivity contribution is 6.05. The van der Waals surface area contributed by atoms with Crippen LogP contribution in [0.5, 0.6) is 0 Å². The average Bonchev–Trinajstić information content (AvgIpc) is 2.66. The zero-order valence-electron chi connectivity index (χ0n) is 13.0. The third-order valence-corrected chi connectivity index (χ3v) is 3.07. The first-order chi connectivity index (χ1) is 9.73. The summed E-state index contributed by atoms with van der Waals surface area (Å²) in [6.07, 6.45) is -0.641. The summed E-state index contributed by atoms with van der Waals surface area (Å²) in [7, 11) is 1.57. The molecule has 1 aliphatic rings. The first kappa shape index (κ1) is 15.4. The molecule has 1 aliphatic heterocycles. The monoisotopic (exact) mass is 292 g/mol. The van der Waals surface area contributed by atoms with Crippen molar-refractivity contribution in [2.75, 3.05) is 7.11 Å². The molecule has 6 nitrogen and oxygen atoms in total. The van der Waals surface area contributed by atoms with Gasteiger partial charge in [-0.2, -0.15) is 0 Å². The van der Waals surface area contributed by atoms with E-state index in [1.165, 1.54) is 0 Å². The summed E-state index contributed by atoms with van der Waals surface area (Å²) in [5.74, 6) is -0.416. The van der Waals surface area contributed by atoms with Crippen LogP contribution in [0.4, 0.5) is 4.79 Å². The molecule has 6 heteroatoms. The van der Waals surface area contributed by atoms with Crippen LogP contribution >= 0.6 is 0 Å². The van der Waals surface area contributed by atoms with Crippen LogP contribution in [0.25, 0.3) is 0 Å². The summed E-state index contributed by atoms with van der Waals surface area (Å²) in [5.41, 5.74) is 2.04. The molecule has 0 unspecified atom stereocenters. The Morgan fingerprint density at radius 3 is 2.67 bits per heavy atom. The maximum absolute atomic E-state index is 12.4. The zero-order chi connectivity index (χ0) is 15.8. The molecule has 114 valence electrons. The Morgan fingerprint density at radius 2 is 2.10 bits per heavy atom. The van der Waals surface area contributed by atoms with E-state index < -0.39 is 17.6 Å². The molecule has 2 rings (SSSR count). The number of aromatic nitrogens is 1. The fraction of sp³-hybridized carbons (Fsp3) is 0.533. The lowest BCUT2D eigenvalue weighted by Gasteiger charge is -2.23. The van der Waals surface area contributed by atoms with Gasteiger partial charge in [0.05, 0.1) is 18.8 Å².